The van der Waals surface area contributed by atoms with Crippen LogP contribution in [0.5, 0.6) is 5.75 Å². The Kier molecular flexibility index (Phi) is 6.05. The predicted molar refractivity (Wildman–Crippen MR) is 73.5 cm³/mol. The fourth-order valence-electron chi connectivity index (χ4n) is 1.80. The zero-order valence-electron chi connectivity index (χ0n) is 10.7. The van der Waals surface area contributed by atoms with E-state index in [0.717, 1.165) is 13.1 Å². The summed E-state index contributed by atoms with van der Waals surface area (Å²) in [6.07, 6.45) is 0. The largest absolute Gasteiger partial charge is 0.490 e. The van der Waals surface area contributed by atoms with Gasteiger partial charge in [0.2, 0.25) is 0 Å². The average Bonchev–Trinajstić information content (AvgIpc) is 2.29. The number of nitrogens with one attached hydrogen (secondary N) is 2. The van der Waals surface area contributed by atoms with E-state index in [0.29, 0.717) is 19.1 Å². The molecule has 1 amide bonds. The highest BCUT2D eigenvalue weighted by molar-refractivity contribution is 5.97. The van der Waals surface area contributed by atoms with Crippen molar-refractivity contribution in [1.29, 1.82) is 0 Å². The average molecular weight is 289 g/mol. The molecule has 4 nitrogen and oxygen atoms in total. The zero-order chi connectivity index (χ0) is 13.0. The molecule has 0 unspecified atom stereocenters. The molecule has 2 rings (SSSR count). The van der Waals surface area contributed by atoms with Gasteiger partial charge < -0.3 is 15.4 Å². The van der Waals surface area contributed by atoms with Gasteiger partial charge in [-0.1, -0.05) is 6.07 Å². The smallest absolute Gasteiger partial charge is 0.255 e. The molecule has 0 aliphatic carbocycles. The minimum absolute atomic E-state index is 0. The summed E-state index contributed by atoms with van der Waals surface area (Å²) in [6, 6.07) is 4.37. The first kappa shape index (κ1) is 15.7. The van der Waals surface area contributed by atoms with Crippen LogP contribution in [0.15, 0.2) is 18.2 Å². The van der Waals surface area contributed by atoms with Gasteiger partial charge in [-0.15, -0.1) is 12.4 Å². The van der Waals surface area contributed by atoms with Crippen molar-refractivity contribution in [2.45, 2.75) is 6.92 Å². The van der Waals surface area contributed by atoms with Crippen LogP contribution in [0.1, 0.15) is 17.3 Å². The van der Waals surface area contributed by atoms with Crippen molar-refractivity contribution in [1.82, 2.24) is 10.6 Å². The zero-order valence-corrected chi connectivity index (χ0v) is 11.6. The molecule has 1 aromatic carbocycles. The van der Waals surface area contributed by atoms with E-state index >= 15 is 0 Å². The van der Waals surface area contributed by atoms with Crippen LogP contribution in [0, 0.1) is 11.7 Å². The monoisotopic (exact) mass is 288 g/mol. The third-order valence-electron chi connectivity index (χ3n) is 2.92. The molecule has 2 N–H and O–H groups in total. The van der Waals surface area contributed by atoms with Gasteiger partial charge in [0.15, 0.2) is 11.6 Å². The van der Waals surface area contributed by atoms with Crippen molar-refractivity contribution in [2.24, 2.45) is 5.92 Å². The molecule has 1 heterocycles. The van der Waals surface area contributed by atoms with Gasteiger partial charge in [-0.25, -0.2) is 4.39 Å². The molecular weight excluding hydrogens is 271 g/mol. The Bertz CT molecular complexity index is 439. The van der Waals surface area contributed by atoms with Crippen LogP contribution in [0.2, 0.25) is 0 Å². The number of benzene rings is 1. The summed E-state index contributed by atoms with van der Waals surface area (Å²) >= 11 is 0. The summed E-state index contributed by atoms with van der Waals surface area (Å²) in [7, 11) is 0. The molecule has 1 aromatic rings. The lowest BCUT2D eigenvalue weighted by molar-refractivity contribution is 0.0937. The first-order valence-electron chi connectivity index (χ1n) is 6.12. The van der Waals surface area contributed by atoms with E-state index in [4.69, 9.17) is 4.74 Å². The SMILES string of the molecule is CCOc1c(F)cccc1C(=O)NCC1CNC1.Cl. The van der Waals surface area contributed by atoms with Gasteiger partial charge in [0.1, 0.15) is 0 Å². The number of amides is 1. The number of carbonyl (C=O) groups is 1. The number of hydrogen-bond acceptors (Lipinski definition) is 3. The van der Waals surface area contributed by atoms with E-state index in [2.05, 4.69) is 10.6 Å². The van der Waals surface area contributed by atoms with E-state index < -0.39 is 5.82 Å². The first-order valence-corrected chi connectivity index (χ1v) is 6.12. The van der Waals surface area contributed by atoms with Crippen molar-refractivity contribution < 1.29 is 13.9 Å². The highest BCUT2D eigenvalue weighted by atomic mass is 35.5. The lowest BCUT2D eigenvalue weighted by Gasteiger charge is -2.27. The van der Waals surface area contributed by atoms with Crippen LogP contribution in [0.25, 0.3) is 0 Å². The predicted octanol–water partition coefficient (Wildman–Crippen LogP) is 1.60. The number of carbonyl (C=O) groups excluding carboxylic acids is 1. The van der Waals surface area contributed by atoms with Crippen molar-refractivity contribution in [2.75, 3.05) is 26.2 Å². The summed E-state index contributed by atoms with van der Waals surface area (Å²) in [5.41, 5.74) is 0.254. The summed E-state index contributed by atoms with van der Waals surface area (Å²) in [5.74, 6) is -0.290. The molecule has 1 aliphatic heterocycles. The third kappa shape index (κ3) is 3.81. The van der Waals surface area contributed by atoms with Gasteiger partial charge in [-0.2, -0.15) is 0 Å². The molecule has 0 aromatic heterocycles. The Balaban J connectivity index is 0.00000180. The molecule has 1 saturated heterocycles. The summed E-state index contributed by atoms with van der Waals surface area (Å²) in [6.45, 7) is 4.53. The van der Waals surface area contributed by atoms with Crippen LogP contribution < -0.4 is 15.4 Å². The molecule has 0 saturated carbocycles. The van der Waals surface area contributed by atoms with Crippen LogP contribution in [0.3, 0.4) is 0 Å². The van der Waals surface area contributed by atoms with Gasteiger partial charge >= 0.3 is 0 Å². The molecule has 1 aliphatic rings. The van der Waals surface area contributed by atoms with E-state index in [1.807, 2.05) is 0 Å². The maximum Gasteiger partial charge on any atom is 0.255 e. The number of rotatable bonds is 5. The number of hydrogen-bond donors (Lipinski definition) is 2. The van der Waals surface area contributed by atoms with Crippen molar-refractivity contribution in [3.05, 3.63) is 29.6 Å². The molecule has 0 radical (unpaired) electrons. The van der Waals surface area contributed by atoms with Gasteiger partial charge in [-0.05, 0) is 19.1 Å². The Hall–Kier alpha value is -1.33. The van der Waals surface area contributed by atoms with E-state index in [1.165, 1.54) is 12.1 Å². The lowest BCUT2D eigenvalue weighted by Crippen LogP contribution is -2.48. The molecule has 106 valence electrons. The number of halogens is 2. The normalized spacial score (nSPS) is 14.2. The Labute approximate surface area is 118 Å². The minimum Gasteiger partial charge on any atom is -0.490 e. The summed E-state index contributed by atoms with van der Waals surface area (Å²) < 4.78 is 18.7. The second kappa shape index (κ2) is 7.31. The lowest BCUT2D eigenvalue weighted by atomic mass is 10.0. The topological polar surface area (TPSA) is 50.4 Å². The molecule has 0 bridgehead atoms. The van der Waals surface area contributed by atoms with Crippen LogP contribution in [-0.2, 0) is 0 Å². The maximum absolute atomic E-state index is 13.6. The summed E-state index contributed by atoms with van der Waals surface area (Å²) in [4.78, 5) is 12.0. The fraction of sp³-hybridized carbons (Fsp3) is 0.462. The quantitative estimate of drug-likeness (QED) is 0.865. The van der Waals surface area contributed by atoms with Crippen LogP contribution >= 0.6 is 12.4 Å². The summed E-state index contributed by atoms with van der Waals surface area (Å²) in [5, 5.41) is 5.93. The van der Waals surface area contributed by atoms with Gasteiger partial charge in [0, 0.05) is 25.6 Å². The standard InChI is InChI=1S/C13H17FN2O2.ClH/c1-2-18-12-10(4-3-5-11(12)14)13(17)16-8-9-6-15-7-9;/h3-5,9,15H,2,6-8H2,1H3,(H,16,17);1H. The Morgan fingerprint density at radius 1 is 1.53 bits per heavy atom. The van der Waals surface area contributed by atoms with E-state index in [-0.39, 0.29) is 29.6 Å². The highest BCUT2D eigenvalue weighted by Crippen LogP contribution is 2.22. The van der Waals surface area contributed by atoms with Crippen molar-refractivity contribution in [3.8, 4) is 5.75 Å². The molecular formula is C13H18ClFN2O2. The van der Waals surface area contributed by atoms with Crippen LogP contribution in [-0.4, -0.2) is 32.1 Å². The van der Waals surface area contributed by atoms with Crippen molar-refractivity contribution >= 4 is 18.3 Å². The molecule has 1 fully saturated rings. The van der Waals surface area contributed by atoms with E-state index in [1.54, 1.807) is 13.0 Å². The number of para-hydroxylation sites is 1. The molecule has 0 spiro atoms. The first-order chi connectivity index (χ1) is 8.72. The fourth-order valence-corrected chi connectivity index (χ4v) is 1.80. The second-order valence-electron chi connectivity index (χ2n) is 4.28. The second-order valence-corrected chi connectivity index (χ2v) is 4.28. The third-order valence-corrected chi connectivity index (χ3v) is 2.92. The maximum atomic E-state index is 13.6. The molecule has 0 atom stereocenters. The van der Waals surface area contributed by atoms with Crippen LogP contribution in [0.4, 0.5) is 4.39 Å². The van der Waals surface area contributed by atoms with Crippen molar-refractivity contribution in [3.63, 3.8) is 0 Å². The van der Waals surface area contributed by atoms with Gasteiger partial charge in [0.25, 0.3) is 5.91 Å². The minimum atomic E-state index is -0.505. The molecule has 6 heteroatoms. The molecule has 19 heavy (non-hydrogen) atoms. The highest BCUT2D eigenvalue weighted by Gasteiger charge is 2.20. The van der Waals surface area contributed by atoms with E-state index in [9.17, 15) is 9.18 Å². The van der Waals surface area contributed by atoms with Gasteiger partial charge in [-0.3, -0.25) is 4.79 Å². The number of ether oxygens (including phenoxy) is 1. The Morgan fingerprint density at radius 2 is 2.26 bits per heavy atom. The Morgan fingerprint density at radius 3 is 2.84 bits per heavy atom. The van der Waals surface area contributed by atoms with Gasteiger partial charge in [0.05, 0.1) is 12.2 Å².